The molecule has 1 saturated heterocycles. The molecule has 140 valence electrons. The average molecular weight is 375 g/mol. The van der Waals surface area contributed by atoms with Gasteiger partial charge in [-0.2, -0.15) is 0 Å². The summed E-state index contributed by atoms with van der Waals surface area (Å²) in [5.74, 6) is 1.45. The molecule has 0 N–H and O–H groups in total. The van der Waals surface area contributed by atoms with Gasteiger partial charge in [0.25, 0.3) is 0 Å². The quantitative estimate of drug-likeness (QED) is 0.525. The zero-order valence-electron chi connectivity index (χ0n) is 15.3. The van der Waals surface area contributed by atoms with E-state index in [4.69, 9.17) is 4.74 Å². The summed E-state index contributed by atoms with van der Waals surface area (Å²) >= 11 is 1.48. The molecule has 0 spiro atoms. The van der Waals surface area contributed by atoms with E-state index in [1.807, 2.05) is 35.2 Å². The van der Waals surface area contributed by atoms with E-state index in [-0.39, 0.29) is 5.91 Å². The van der Waals surface area contributed by atoms with Crippen molar-refractivity contribution in [3.05, 3.63) is 30.3 Å². The van der Waals surface area contributed by atoms with Crippen LogP contribution in [0.15, 0.2) is 35.5 Å². The lowest BCUT2D eigenvalue weighted by Gasteiger charge is -2.26. The number of likely N-dealkylation sites (tertiary alicyclic amines) is 1. The third-order valence-corrected chi connectivity index (χ3v) is 5.46. The van der Waals surface area contributed by atoms with Crippen LogP contribution < -0.4 is 0 Å². The summed E-state index contributed by atoms with van der Waals surface area (Å²) in [6.45, 7) is 3.22. The molecule has 26 heavy (non-hydrogen) atoms. The van der Waals surface area contributed by atoms with Gasteiger partial charge in [-0.1, -0.05) is 42.1 Å². The number of ether oxygens (including phenoxy) is 1. The minimum Gasteiger partial charge on any atom is -0.385 e. The van der Waals surface area contributed by atoms with Gasteiger partial charge >= 0.3 is 0 Å². The first-order chi connectivity index (χ1) is 12.8. The first-order valence-electron chi connectivity index (χ1n) is 9.17. The molecule has 1 aliphatic rings. The average Bonchev–Trinajstić information content (AvgIpc) is 3.10. The minimum atomic E-state index is 0.197. The fourth-order valence-corrected chi connectivity index (χ4v) is 3.99. The molecule has 2 heterocycles. The molecule has 0 aliphatic carbocycles. The molecule has 0 unspecified atom stereocenters. The van der Waals surface area contributed by atoms with E-state index < -0.39 is 0 Å². The maximum atomic E-state index is 12.4. The van der Waals surface area contributed by atoms with Crippen LogP contribution >= 0.6 is 11.8 Å². The van der Waals surface area contributed by atoms with Gasteiger partial charge in [0, 0.05) is 38.9 Å². The molecule has 0 saturated carbocycles. The van der Waals surface area contributed by atoms with Gasteiger partial charge in [0.1, 0.15) is 0 Å². The number of carbonyl (C=O) groups is 1. The van der Waals surface area contributed by atoms with Gasteiger partial charge in [0.05, 0.1) is 5.75 Å². The monoisotopic (exact) mass is 374 g/mol. The van der Waals surface area contributed by atoms with E-state index in [1.54, 1.807) is 7.11 Å². The van der Waals surface area contributed by atoms with E-state index in [1.165, 1.54) is 18.2 Å². The number of carbonyl (C=O) groups excluding carboxylic acids is 1. The van der Waals surface area contributed by atoms with Crippen molar-refractivity contribution in [2.45, 2.75) is 37.4 Å². The summed E-state index contributed by atoms with van der Waals surface area (Å²) in [7, 11) is 1.71. The zero-order chi connectivity index (χ0) is 18.2. The van der Waals surface area contributed by atoms with Gasteiger partial charge in [0.15, 0.2) is 11.0 Å². The maximum absolute atomic E-state index is 12.4. The SMILES string of the molecule is COCCCn1c(SCC(=O)N2CCCCC2)nnc1-c1ccccc1. The van der Waals surface area contributed by atoms with Crippen molar-refractivity contribution in [3.8, 4) is 11.4 Å². The molecule has 1 aromatic carbocycles. The highest BCUT2D eigenvalue weighted by atomic mass is 32.2. The van der Waals surface area contributed by atoms with E-state index in [9.17, 15) is 4.79 Å². The molecule has 0 atom stereocenters. The lowest BCUT2D eigenvalue weighted by atomic mass is 10.1. The van der Waals surface area contributed by atoms with Gasteiger partial charge < -0.3 is 14.2 Å². The van der Waals surface area contributed by atoms with E-state index in [0.717, 1.165) is 55.4 Å². The number of hydrogen-bond donors (Lipinski definition) is 0. The molecule has 1 amide bonds. The van der Waals surface area contributed by atoms with Gasteiger partial charge in [-0.25, -0.2) is 0 Å². The lowest BCUT2D eigenvalue weighted by Crippen LogP contribution is -2.36. The first-order valence-corrected chi connectivity index (χ1v) is 10.2. The van der Waals surface area contributed by atoms with Gasteiger partial charge in [-0.15, -0.1) is 10.2 Å². The molecular weight excluding hydrogens is 348 g/mol. The molecule has 1 aromatic heterocycles. The maximum Gasteiger partial charge on any atom is 0.233 e. The molecule has 2 aromatic rings. The van der Waals surface area contributed by atoms with Crippen molar-refractivity contribution in [1.82, 2.24) is 19.7 Å². The fraction of sp³-hybridized carbons (Fsp3) is 0.526. The Morgan fingerprint density at radius 1 is 1.15 bits per heavy atom. The van der Waals surface area contributed by atoms with Gasteiger partial charge in [0.2, 0.25) is 5.91 Å². The summed E-state index contributed by atoms with van der Waals surface area (Å²) in [6.07, 6.45) is 4.33. The van der Waals surface area contributed by atoms with Crippen LogP contribution in [-0.2, 0) is 16.1 Å². The molecule has 0 radical (unpaired) electrons. The second-order valence-electron chi connectivity index (χ2n) is 6.40. The number of rotatable bonds is 8. The second kappa shape index (κ2) is 9.73. The van der Waals surface area contributed by atoms with Crippen LogP contribution in [0.1, 0.15) is 25.7 Å². The van der Waals surface area contributed by atoms with Crippen molar-refractivity contribution in [2.75, 3.05) is 32.6 Å². The summed E-state index contributed by atoms with van der Waals surface area (Å²) < 4.78 is 7.28. The Morgan fingerprint density at radius 2 is 1.92 bits per heavy atom. The third kappa shape index (κ3) is 4.86. The van der Waals surface area contributed by atoms with Crippen LogP contribution in [0.5, 0.6) is 0 Å². The Hall–Kier alpha value is -1.86. The largest absolute Gasteiger partial charge is 0.385 e. The topological polar surface area (TPSA) is 60.2 Å². The Balaban J connectivity index is 1.71. The predicted octanol–water partition coefficient (Wildman–Crippen LogP) is 3.09. The molecule has 3 rings (SSSR count). The number of amides is 1. The Kier molecular flexibility index (Phi) is 7.08. The van der Waals surface area contributed by atoms with E-state index in [2.05, 4.69) is 14.8 Å². The number of methoxy groups -OCH3 is 1. The van der Waals surface area contributed by atoms with Crippen LogP contribution in [0.4, 0.5) is 0 Å². The molecule has 6 nitrogen and oxygen atoms in total. The van der Waals surface area contributed by atoms with Crippen LogP contribution in [0.2, 0.25) is 0 Å². The highest BCUT2D eigenvalue weighted by Gasteiger charge is 2.19. The standard InChI is InChI=1S/C19H26N4O2S/c1-25-14-8-13-23-18(16-9-4-2-5-10-16)20-21-19(23)26-15-17(24)22-11-6-3-7-12-22/h2,4-5,9-10H,3,6-8,11-15H2,1H3. The second-order valence-corrected chi connectivity index (χ2v) is 7.34. The number of piperidine rings is 1. The number of nitrogens with zero attached hydrogens (tertiary/aromatic N) is 4. The molecule has 0 bridgehead atoms. The molecule has 7 heteroatoms. The predicted molar refractivity (Wildman–Crippen MR) is 103 cm³/mol. The highest BCUT2D eigenvalue weighted by Crippen LogP contribution is 2.25. The third-order valence-electron chi connectivity index (χ3n) is 4.51. The summed E-state index contributed by atoms with van der Waals surface area (Å²) in [5.41, 5.74) is 1.03. The zero-order valence-corrected chi connectivity index (χ0v) is 16.1. The van der Waals surface area contributed by atoms with Gasteiger partial charge in [-0.3, -0.25) is 4.79 Å². The van der Waals surface area contributed by atoms with E-state index >= 15 is 0 Å². The van der Waals surface area contributed by atoms with Crippen molar-refractivity contribution >= 4 is 17.7 Å². The number of thioether (sulfide) groups is 1. The smallest absolute Gasteiger partial charge is 0.233 e. The summed E-state index contributed by atoms with van der Waals surface area (Å²) in [6, 6.07) is 10.0. The Bertz CT molecular complexity index is 699. The van der Waals surface area contributed by atoms with E-state index in [0.29, 0.717) is 12.4 Å². The fourth-order valence-electron chi connectivity index (χ4n) is 3.13. The number of hydrogen-bond acceptors (Lipinski definition) is 5. The number of aromatic nitrogens is 3. The normalized spacial score (nSPS) is 14.6. The molecular formula is C19H26N4O2S. The molecule has 1 aliphatic heterocycles. The number of benzene rings is 1. The summed E-state index contributed by atoms with van der Waals surface area (Å²) in [4.78, 5) is 14.4. The highest BCUT2D eigenvalue weighted by molar-refractivity contribution is 7.99. The van der Waals surface area contributed by atoms with Crippen molar-refractivity contribution in [3.63, 3.8) is 0 Å². The van der Waals surface area contributed by atoms with Crippen LogP contribution in [0.25, 0.3) is 11.4 Å². The Morgan fingerprint density at radius 3 is 2.65 bits per heavy atom. The minimum absolute atomic E-state index is 0.197. The van der Waals surface area contributed by atoms with Crippen molar-refractivity contribution in [1.29, 1.82) is 0 Å². The van der Waals surface area contributed by atoms with Crippen LogP contribution in [-0.4, -0.2) is 58.1 Å². The summed E-state index contributed by atoms with van der Waals surface area (Å²) in [5, 5.41) is 9.53. The molecule has 1 fully saturated rings. The first kappa shape index (κ1) is 18.9. The van der Waals surface area contributed by atoms with Crippen LogP contribution in [0, 0.1) is 0 Å². The van der Waals surface area contributed by atoms with Crippen LogP contribution in [0.3, 0.4) is 0 Å². The van der Waals surface area contributed by atoms with Crippen molar-refractivity contribution < 1.29 is 9.53 Å². The Labute approximate surface area is 158 Å². The van der Waals surface area contributed by atoms with Gasteiger partial charge in [-0.05, 0) is 25.7 Å². The lowest BCUT2D eigenvalue weighted by molar-refractivity contribution is -0.129. The van der Waals surface area contributed by atoms with Crippen molar-refractivity contribution in [2.24, 2.45) is 0 Å².